The van der Waals surface area contributed by atoms with Crippen molar-refractivity contribution in [2.24, 2.45) is 5.92 Å². The van der Waals surface area contributed by atoms with E-state index in [4.69, 9.17) is 9.47 Å². The first kappa shape index (κ1) is 26.1. The molecule has 1 N–H and O–H groups in total. The van der Waals surface area contributed by atoms with E-state index < -0.39 is 16.0 Å². The number of anilines is 1. The molecule has 3 aromatic rings. The number of ether oxygens (including phenoxy) is 2. The van der Waals surface area contributed by atoms with E-state index in [0.717, 1.165) is 15.6 Å². The maximum atomic E-state index is 13.4. The highest BCUT2D eigenvalue weighted by molar-refractivity contribution is 7.89. The highest BCUT2D eigenvalue weighted by atomic mass is 32.2. The summed E-state index contributed by atoms with van der Waals surface area (Å²) in [5.74, 6) is -0.339. The van der Waals surface area contributed by atoms with Crippen LogP contribution >= 0.6 is 11.3 Å². The Morgan fingerprint density at radius 3 is 2.42 bits per heavy atom. The number of rotatable bonds is 7. The lowest BCUT2D eigenvalue weighted by Gasteiger charge is -2.31. The molecule has 2 aromatic carbocycles. The van der Waals surface area contributed by atoms with Crippen LogP contribution < -0.4 is 10.1 Å². The summed E-state index contributed by atoms with van der Waals surface area (Å²) in [7, 11) is -0.957. The number of fused-ring (bicyclic) bond motifs is 1. The Hall–Kier alpha value is -2.95. The molecule has 0 atom stereocenters. The van der Waals surface area contributed by atoms with Crippen molar-refractivity contribution in [3.05, 3.63) is 52.9 Å². The summed E-state index contributed by atoms with van der Waals surface area (Å²) in [6, 6.07) is 12.5. The van der Waals surface area contributed by atoms with Crippen LogP contribution in [0.15, 0.2) is 47.4 Å². The Morgan fingerprint density at radius 2 is 1.78 bits per heavy atom. The van der Waals surface area contributed by atoms with Gasteiger partial charge in [0.25, 0.3) is 0 Å². The SMILES string of the molecule is COC(=O)c1cc2cc(NC(=O)C3CCN(S(=O)(=O)c4cc(C(C)C)ccc4OC)CC3)ccc2s1. The molecule has 1 aliphatic rings. The van der Waals surface area contributed by atoms with Crippen LogP contribution in [0.3, 0.4) is 0 Å². The van der Waals surface area contributed by atoms with Gasteiger partial charge < -0.3 is 14.8 Å². The van der Waals surface area contributed by atoms with Crippen molar-refractivity contribution in [3.63, 3.8) is 0 Å². The molecule has 1 amide bonds. The topological polar surface area (TPSA) is 102 Å². The Kier molecular flexibility index (Phi) is 7.67. The van der Waals surface area contributed by atoms with E-state index in [-0.39, 0.29) is 35.7 Å². The molecule has 36 heavy (non-hydrogen) atoms. The number of methoxy groups -OCH3 is 2. The first-order valence-electron chi connectivity index (χ1n) is 11.7. The highest BCUT2D eigenvalue weighted by Gasteiger charge is 2.34. The van der Waals surface area contributed by atoms with E-state index in [1.165, 1.54) is 29.9 Å². The fraction of sp³-hybridized carbons (Fsp3) is 0.385. The number of hydrogen-bond acceptors (Lipinski definition) is 7. The predicted octanol–water partition coefficient (Wildman–Crippen LogP) is 4.86. The number of thiophene rings is 1. The first-order chi connectivity index (χ1) is 17.1. The van der Waals surface area contributed by atoms with Gasteiger partial charge in [-0.15, -0.1) is 11.3 Å². The molecule has 1 saturated heterocycles. The van der Waals surface area contributed by atoms with Crippen molar-refractivity contribution in [2.75, 3.05) is 32.6 Å². The van der Waals surface area contributed by atoms with E-state index in [9.17, 15) is 18.0 Å². The molecule has 1 fully saturated rings. The molecule has 0 bridgehead atoms. The summed E-state index contributed by atoms with van der Waals surface area (Å²) >= 11 is 1.33. The van der Waals surface area contributed by atoms with E-state index in [1.54, 1.807) is 24.3 Å². The van der Waals surface area contributed by atoms with Gasteiger partial charge in [-0.3, -0.25) is 4.79 Å². The molecule has 2 heterocycles. The number of esters is 1. The Balaban J connectivity index is 1.43. The molecule has 0 radical (unpaired) electrons. The standard InChI is InChI=1S/C26H30N2O6S2/c1-16(2)18-5-7-21(33-3)24(15-18)36(31,32)28-11-9-17(10-12-28)25(29)27-20-6-8-22-19(13-20)14-23(35-22)26(30)34-4/h5-8,13-17H,9-12H2,1-4H3,(H,27,29). The van der Waals surface area contributed by atoms with Gasteiger partial charge in [0.1, 0.15) is 15.5 Å². The molecule has 0 saturated carbocycles. The van der Waals surface area contributed by atoms with E-state index in [2.05, 4.69) is 5.32 Å². The quantitative estimate of drug-likeness (QED) is 0.438. The van der Waals surface area contributed by atoms with Crippen LogP contribution in [0.25, 0.3) is 10.1 Å². The van der Waals surface area contributed by atoms with Gasteiger partial charge >= 0.3 is 5.97 Å². The molecule has 0 unspecified atom stereocenters. The van der Waals surface area contributed by atoms with Crippen molar-refractivity contribution in [1.82, 2.24) is 4.31 Å². The molecular weight excluding hydrogens is 500 g/mol. The number of hydrogen-bond donors (Lipinski definition) is 1. The molecule has 4 rings (SSSR count). The van der Waals surface area contributed by atoms with Crippen LogP contribution in [0.2, 0.25) is 0 Å². The fourth-order valence-electron chi connectivity index (χ4n) is 4.32. The zero-order chi connectivity index (χ0) is 26.0. The highest BCUT2D eigenvalue weighted by Crippen LogP contribution is 2.33. The normalized spacial score (nSPS) is 15.2. The van der Waals surface area contributed by atoms with Gasteiger partial charge in [-0.05, 0) is 66.1 Å². The summed E-state index contributed by atoms with van der Waals surface area (Å²) < 4.78 is 39.3. The third kappa shape index (κ3) is 5.25. The molecule has 10 heteroatoms. The fourth-order valence-corrected chi connectivity index (χ4v) is 6.94. The number of nitrogens with one attached hydrogen (secondary N) is 1. The minimum Gasteiger partial charge on any atom is -0.495 e. The van der Waals surface area contributed by atoms with Crippen LogP contribution in [0.1, 0.15) is 47.8 Å². The Bertz CT molecular complexity index is 1390. The van der Waals surface area contributed by atoms with Gasteiger partial charge in [0.05, 0.1) is 14.2 Å². The molecule has 1 aromatic heterocycles. The maximum absolute atomic E-state index is 13.4. The van der Waals surface area contributed by atoms with Crippen LogP contribution in [0.5, 0.6) is 5.75 Å². The van der Waals surface area contributed by atoms with Crippen molar-refractivity contribution >= 4 is 49.0 Å². The second kappa shape index (κ2) is 10.6. The minimum atomic E-state index is -3.76. The van der Waals surface area contributed by atoms with Crippen molar-refractivity contribution < 1.29 is 27.5 Å². The number of amides is 1. The van der Waals surface area contributed by atoms with E-state index in [0.29, 0.717) is 29.2 Å². The van der Waals surface area contributed by atoms with Gasteiger partial charge in [-0.25, -0.2) is 13.2 Å². The Morgan fingerprint density at radius 1 is 1.06 bits per heavy atom. The third-order valence-corrected chi connectivity index (χ3v) is 9.48. The third-order valence-electron chi connectivity index (χ3n) is 6.47. The number of piperidine rings is 1. The molecule has 0 spiro atoms. The first-order valence-corrected chi connectivity index (χ1v) is 14.0. The second-order valence-corrected chi connectivity index (χ2v) is 12.1. The van der Waals surface area contributed by atoms with Gasteiger partial charge in [0.15, 0.2) is 0 Å². The van der Waals surface area contributed by atoms with Crippen LogP contribution in [-0.2, 0) is 19.6 Å². The number of sulfonamides is 1. The monoisotopic (exact) mass is 530 g/mol. The van der Waals surface area contributed by atoms with Crippen LogP contribution in [0, 0.1) is 5.92 Å². The van der Waals surface area contributed by atoms with Crippen LogP contribution in [-0.4, -0.2) is 51.9 Å². The van der Waals surface area contributed by atoms with Crippen molar-refractivity contribution in [2.45, 2.75) is 37.5 Å². The number of benzene rings is 2. The lowest BCUT2D eigenvalue weighted by atomic mass is 9.97. The average molecular weight is 531 g/mol. The van der Waals surface area contributed by atoms with Crippen molar-refractivity contribution in [1.29, 1.82) is 0 Å². The number of carbonyl (C=O) groups is 2. The van der Waals surface area contributed by atoms with Gasteiger partial charge in [0, 0.05) is 29.4 Å². The number of carbonyl (C=O) groups excluding carboxylic acids is 2. The average Bonchev–Trinajstić information content (AvgIpc) is 3.31. The summed E-state index contributed by atoms with van der Waals surface area (Å²) in [6.07, 6.45) is 0.842. The van der Waals surface area contributed by atoms with Gasteiger partial charge in [-0.2, -0.15) is 4.31 Å². The Labute approximate surface area is 215 Å². The summed E-state index contributed by atoms with van der Waals surface area (Å²) in [4.78, 5) is 25.4. The zero-order valence-corrected chi connectivity index (χ0v) is 22.4. The summed E-state index contributed by atoms with van der Waals surface area (Å²) in [5.41, 5.74) is 1.55. The number of nitrogens with zero attached hydrogens (tertiary/aromatic N) is 1. The van der Waals surface area contributed by atoms with Crippen molar-refractivity contribution in [3.8, 4) is 5.75 Å². The van der Waals surface area contributed by atoms with E-state index >= 15 is 0 Å². The zero-order valence-electron chi connectivity index (χ0n) is 20.7. The minimum absolute atomic E-state index is 0.144. The molecule has 192 valence electrons. The van der Waals surface area contributed by atoms with E-state index in [1.807, 2.05) is 32.0 Å². The summed E-state index contributed by atoms with van der Waals surface area (Å²) in [6.45, 7) is 4.52. The lowest BCUT2D eigenvalue weighted by Crippen LogP contribution is -2.41. The van der Waals surface area contributed by atoms with Gasteiger partial charge in [0.2, 0.25) is 15.9 Å². The van der Waals surface area contributed by atoms with Crippen LogP contribution in [0.4, 0.5) is 5.69 Å². The second-order valence-electron chi connectivity index (χ2n) is 9.09. The van der Waals surface area contributed by atoms with Gasteiger partial charge in [-0.1, -0.05) is 19.9 Å². The summed E-state index contributed by atoms with van der Waals surface area (Å²) in [5, 5.41) is 3.79. The maximum Gasteiger partial charge on any atom is 0.348 e. The molecule has 1 aliphatic heterocycles. The molecular formula is C26H30N2O6S2. The molecule has 8 nitrogen and oxygen atoms in total. The smallest absolute Gasteiger partial charge is 0.348 e. The largest absolute Gasteiger partial charge is 0.495 e. The predicted molar refractivity (Wildman–Crippen MR) is 140 cm³/mol. The molecule has 0 aliphatic carbocycles. The lowest BCUT2D eigenvalue weighted by molar-refractivity contribution is -0.120.